The molecule has 0 aliphatic heterocycles. The van der Waals surface area contributed by atoms with Gasteiger partial charge in [0.15, 0.2) is 0 Å². The number of rotatable bonds is 5. The molecule has 4 saturated carbocycles. The second-order valence-electron chi connectivity index (χ2n) is 8.69. The fourth-order valence-corrected chi connectivity index (χ4v) is 4.93. The third-order valence-electron chi connectivity index (χ3n) is 5.62. The molecule has 0 aromatic heterocycles. The van der Waals surface area contributed by atoms with Crippen molar-refractivity contribution in [1.29, 1.82) is 0 Å². The van der Waals surface area contributed by atoms with Crippen molar-refractivity contribution in [1.82, 2.24) is 0 Å². The Labute approximate surface area is 123 Å². The van der Waals surface area contributed by atoms with Crippen molar-refractivity contribution >= 4 is 0 Å². The van der Waals surface area contributed by atoms with Crippen molar-refractivity contribution in [2.45, 2.75) is 70.6 Å². The van der Waals surface area contributed by atoms with E-state index in [1.807, 2.05) is 0 Å². The molecule has 3 N–H and O–H groups in total. The van der Waals surface area contributed by atoms with Crippen LogP contribution in [-0.2, 0) is 4.74 Å². The van der Waals surface area contributed by atoms with Gasteiger partial charge in [0.2, 0.25) is 0 Å². The normalized spacial score (nSPS) is 41.1. The lowest BCUT2D eigenvalue weighted by Crippen LogP contribution is -2.96. The van der Waals surface area contributed by atoms with Gasteiger partial charge in [-0.25, -0.2) is 0 Å². The summed E-state index contributed by atoms with van der Waals surface area (Å²) in [5.74, 6) is 3.59. The predicted molar refractivity (Wildman–Crippen MR) is 79.3 cm³/mol. The number of hydrogen-bond acceptors (Lipinski definition) is 2. The molecule has 0 radical (unpaired) electrons. The molecule has 20 heavy (non-hydrogen) atoms. The fraction of sp³-hybridized carbons (Fsp3) is 1.00. The van der Waals surface area contributed by atoms with E-state index in [-0.39, 0.29) is 11.6 Å². The van der Waals surface area contributed by atoms with E-state index < -0.39 is 0 Å². The quantitative estimate of drug-likeness (QED) is 0.804. The van der Waals surface area contributed by atoms with Crippen LogP contribution in [0.4, 0.5) is 0 Å². The van der Waals surface area contributed by atoms with Gasteiger partial charge in [0.25, 0.3) is 0 Å². The zero-order valence-corrected chi connectivity index (χ0v) is 13.3. The molecule has 4 aliphatic rings. The molecule has 4 fully saturated rings. The molecular weight excluding hydrogens is 250 g/mol. The van der Waals surface area contributed by atoms with Gasteiger partial charge in [0.1, 0.15) is 12.6 Å². The lowest BCUT2D eigenvalue weighted by atomic mass is 9.55. The minimum Gasteiger partial charge on any atom is -0.385 e. The van der Waals surface area contributed by atoms with Crippen molar-refractivity contribution in [3.63, 3.8) is 0 Å². The van der Waals surface area contributed by atoms with Gasteiger partial charge in [-0.3, -0.25) is 0 Å². The van der Waals surface area contributed by atoms with Gasteiger partial charge >= 0.3 is 0 Å². The average Bonchev–Trinajstić information content (AvgIpc) is 2.34. The van der Waals surface area contributed by atoms with E-state index in [1.54, 1.807) is 0 Å². The number of aliphatic hydroxyl groups excluding tert-OH is 1. The molecule has 0 saturated heterocycles. The van der Waals surface area contributed by atoms with E-state index in [2.05, 4.69) is 26.1 Å². The number of aliphatic hydroxyl groups is 1. The maximum absolute atomic E-state index is 10.1. The van der Waals surface area contributed by atoms with Crippen LogP contribution in [0.5, 0.6) is 0 Å². The Morgan fingerprint density at radius 2 is 1.60 bits per heavy atom. The number of hydrogen-bond donors (Lipinski definition) is 2. The molecule has 0 aromatic carbocycles. The molecule has 3 heteroatoms. The Balaban J connectivity index is 1.44. The maximum atomic E-state index is 10.1. The average molecular weight is 282 g/mol. The predicted octanol–water partition coefficient (Wildman–Crippen LogP) is 1.55. The first kappa shape index (κ1) is 14.8. The molecule has 3 nitrogen and oxygen atoms in total. The molecule has 4 bridgehead atoms. The topological polar surface area (TPSA) is 46.1 Å². The summed E-state index contributed by atoms with van der Waals surface area (Å²) < 4.78 is 6.18. The van der Waals surface area contributed by atoms with Crippen molar-refractivity contribution in [2.75, 3.05) is 13.2 Å². The van der Waals surface area contributed by atoms with Gasteiger partial charge < -0.3 is 15.2 Å². The Kier molecular flexibility index (Phi) is 4.13. The smallest absolute Gasteiger partial charge is 0.126 e. The van der Waals surface area contributed by atoms with Gasteiger partial charge in [0.05, 0.1) is 18.2 Å². The monoisotopic (exact) mass is 282 g/mol. The lowest BCUT2D eigenvalue weighted by Gasteiger charge is -2.54. The molecule has 0 heterocycles. The van der Waals surface area contributed by atoms with E-state index in [0.29, 0.717) is 12.7 Å². The zero-order valence-electron chi connectivity index (χ0n) is 13.3. The van der Waals surface area contributed by atoms with E-state index >= 15 is 0 Å². The minimum atomic E-state index is -0.327. The van der Waals surface area contributed by atoms with Gasteiger partial charge in [-0.2, -0.15) is 0 Å². The number of nitrogens with two attached hydrogens (primary N) is 1. The first-order valence-corrected chi connectivity index (χ1v) is 8.55. The summed E-state index contributed by atoms with van der Waals surface area (Å²) >= 11 is 0. The number of ether oxygens (including phenoxy) is 1. The van der Waals surface area contributed by atoms with Crippen LogP contribution < -0.4 is 5.32 Å². The van der Waals surface area contributed by atoms with Crippen LogP contribution in [0, 0.1) is 23.7 Å². The van der Waals surface area contributed by atoms with Crippen LogP contribution in [0.3, 0.4) is 0 Å². The molecule has 0 unspecified atom stereocenters. The summed E-state index contributed by atoms with van der Waals surface area (Å²) in [4.78, 5) is 0. The minimum absolute atomic E-state index is 0.184. The fourth-order valence-electron chi connectivity index (χ4n) is 4.93. The highest BCUT2D eigenvalue weighted by atomic mass is 16.5. The van der Waals surface area contributed by atoms with Crippen molar-refractivity contribution in [3.8, 4) is 0 Å². The molecule has 0 amide bonds. The van der Waals surface area contributed by atoms with Crippen LogP contribution in [0.15, 0.2) is 0 Å². The highest BCUT2D eigenvalue weighted by molar-refractivity contribution is 4.99. The first-order valence-electron chi connectivity index (χ1n) is 8.55. The molecule has 4 aliphatic carbocycles. The largest absolute Gasteiger partial charge is 0.385 e. The Morgan fingerprint density at radius 1 is 1.05 bits per heavy atom. The summed E-state index contributed by atoms with van der Waals surface area (Å²) in [6.45, 7) is 7.81. The van der Waals surface area contributed by atoms with Gasteiger partial charge in [-0.15, -0.1) is 0 Å². The van der Waals surface area contributed by atoms with Crippen LogP contribution in [0.2, 0.25) is 0 Å². The SMILES string of the molecule is CC(C)(C)[NH2+]C[C@@H](O)COC1C2CC3CC(C2)CC1C3. The zero-order chi connectivity index (χ0) is 14.3. The third-order valence-corrected chi connectivity index (χ3v) is 5.62. The first-order chi connectivity index (χ1) is 9.40. The molecule has 116 valence electrons. The summed E-state index contributed by atoms with van der Waals surface area (Å²) in [5, 5.41) is 12.3. The van der Waals surface area contributed by atoms with Crippen LogP contribution in [0.1, 0.15) is 52.9 Å². The summed E-state index contributed by atoms with van der Waals surface area (Å²) in [6, 6.07) is 0. The second-order valence-corrected chi connectivity index (χ2v) is 8.69. The summed E-state index contributed by atoms with van der Waals surface area (Å²) in [7, 11) is 0. The Bertz CT molecular complexity index is 308. The molecule has 0 aromatic rings. The highest BCUT2D eigenvalue weighted by Crippen LogP contribution is 2.54. The van der Waals surface area contributed by atoms with E-state index in [1.165, 1.54) is 32.1 Å². The maximum Gasteiger partial charge on any atom is 0.126 e. The third kappa shape index (κ3) is 3.37. The van der Waals surface area contributed by atoms with Gasteiger partial charge in [-0.1, -0.05) is 0 Å². The van der Waals surface area contributed by atoms with Gasteiger partial charge in [-0.05, 0) is 76.5 Å². The number of quaternary nitrogens is 1. The molecule has 1 atom stereocenters. The van der Waals surface area contributed by atoms with Gasteiger partial charge in [0, 0.05) is 0 Å². The van der Waals surface area contributed by atoms with Crippen LogP contribution in [0.25, 0.3) is 0 Å². The van der Waals surface area contributed by atoms with Crippen molar-refractivity contribution in [2.24, 2.45) is 23.7 Å². The van der Waals surface area contributed by atoms with E-state index in [0.717, 1.165) is 30.2 Å². The molecular formula is C17H32NO2+. The Hall–Kier alpha value is -0.120. The highest BCUT2D eigenvalue weighted by Gasteiger charge is 2.48. The second kappa shape index (κ2) is 5.58. The standard InChI is InChI=1S/C17H31NO2/c1-17(2,3)18-9-15(19)10-20-16-13-5-11-4-12(7-13)8-14(16)6-11/h11-16,18-19H,4-10H2,1-3H3/p+1/t11?,12?,13?,14?,15-,16?/m1/s1. The summed E-state index contributed by atoms with van der Waals surface area (Å²) in [5.41, 5.74) is 0.184. The van der Waals surface area contributed by atoms with Crippen molar-refractivity contribution < 1.29 is 15.2 Å². The molecule has 0 spiro atoms. The van der Waals surface area contributed by atoms with Crippen LogP contribution in [-0.4, -0.2) is 36.0 Å². The van der Waals surface area contributed by atoms with Crippen molar-refractivity contribution in [3.05, 3.63) is 0 Å². The van der Waals surface area contributed by atoms with E-state index in [9.17, 15) is 5.11 Å². The lowest BCUT2D eigenvalue weighted by molar-refractivity contribution is -0.722. The van der Waals surface area contributed by atoms with E-state index in [4.69, 9.17) is 4.74 Å². The van der Waals surface area contributed by atoms with Crippen LogP contribution >= 0.6 is 0 Å². The molecule has 4 rings (SSSR count). The Morgan fingerprint density at radius 3 is 2.10 bits per heavy atom. The summed E-state index contributed by atoms with van der Waals surface area (Å²) in [6.07, 6.45) is 7.18.